The highest BCUT2D eigenvalue weighted by atomic mass is 16.3. The van der Waals surface area contributed by atoms with Gasteiger partial charge in [-0.25, -0.2) is 4.79 Å². The first-order valence-corrected chi connectivity index (χ1v) is 8.38. The van der Waals surface area contributed by atoms with E-state index in [9.17, 15) is 4.79 Å². The van der Waals surface area contributed by atoms with Crippen LogP contribution in [0.3, 0.4) is 0 Å². The van der Waals surface area contributed by atoms with Crippen molar-refractivity contribution in [2.24, 2.45) is 13.0 Å². The molecule has 2 fully saturated rings. The molecule has 2 aliphatic rings. The molecule has 22 heavy (non-hydrogen) atoms. The summed E-state index contributed by atoms with van der Waals surface area (Å²) in [5, 5.41) is 19.6. The lowest BCUT2D eigenvalue weighted by atomic mass is 9.83. The fraction of sp³-hybridized carbons (Fsp3) is 0.750. The summed E-state index contributed by atoms with van der Waals surface area (Å²) in [4.78, 5) is 12.1. The Kier molecular flexibility index (Phi) is 4.66. The molecule has 2 amide bonds. The number of urea groups is 1. The maximum absolute atomic E-state index is 12.1. The average molecular weight is 306 g/mol. The Balaban J connectivity index is 1.50. The lowest BCUT2D eigenvalue weighted by molar-refractivity contribution is 0.176. The molecule has 3 N–H and O–H groups in total. The Labute approximate surface area is 131 Å². The van der Waals surface area contributed by atoms with E-state index >= 15 is 0 Å². The topological polar surface area (TPSA) is 79.2 Å². The number of nitrogens with zero attached hydrogens (tertiary/aromatic N) is 2. The number of anilines is 1. The minimum absolute atomic E-state index is 0.157. The number of hydrogen-bond donors (Lipinski definition) is 3. The van der Waals surface area contributed by atoms with Crippen molar-refractivity contribution in [1.29, 1.82) is 0 Å². The molecule has 1 aromatic rings. The van der Waals surface area contributed by atoms with E-state index in [1.807, 2.05) is 13.1 Å². The van der Waals surface area contributed by atoms with E-state index in [1.165, 1.54) is 19.3 Å². The van der Waals surface area contributed by atoms with Gasteiger partial charge in [-0.05, 0) is 44.4 Å². The van der Waals surface area contributed by atoms with Crippen molar-refractivity contribution in [1.82, 2.24) is 15.1 Å². The monoisotopic (exact) mass is 306 g/mol. The lowest BCUT2D eigenvalue weighted by Gasteiger charge is -2.27. The first-order valence-electron chi connectivity index (χ1n) is 8.38. The van der Waals surface area contributed by atoms with E-state index in [-0.39, 0.29) is 18.7 Å². The fourth-order valence-corrected chi connectivity index (χ4v) is 3.34. The Morgan fingerprint density at radius 3 is 2.64 bits per heavy atom. The summed E-state index contributed by atoms with van der Waals surface area (Å²) in [6.07, 6.45) is 7.54. The van der Waals surface area contributed by atoms with E-state index in [4.69, 9.17) is 5.11 Å². The average Bonchev–Trinajstić information content (AvgIpc) is 2.78. The summed E-state index contributed by atoms with van der Waals surface area (Å²) in [6.45, 7) is 0.262. The van der Waals surface area contributed by atoms with E-state index in [1.54, 1.807) is 4.68 Å². The number of carbonyl (C=O) groups is 1. The van der Waals surface area contributed by atoms with Crippen molar-refractivity contribution in [2.45, 2.75) is 56.9 Å². The van der Waals surface area contributed by atoms with Gasteiger partial charge in [0.15, 0.2) is 0 Å². The van der Waals surface area contributed by atoms with Crippen LogP contribution < -0.4 is 10.6 Å². The maximum Gasteiger partial charge on any atom is 0.320 e. The minimum atomic E-state index is -0.157. The minimum Gasteiger partial charge on any atom is -0.396 e. The third-order valence-electron chi connectivity index (χ3n) is 5.10. The number of carbonyl (C=O) groups excluding carboxylic acids is 1. The number of nitrogens with one attached hydrogen (secondary N) is 2. The van der Waals surface area contributed by atoms with Gasteiger partial charge >= 0.3 is 6.03 Å². The molecule has 1 heterocycles. The smallest absolute Gasteiger partial charge is 0.320 e. The van der Waals surface area contributed by atoms with Crippen LogP contribution in [0.4, 0.5) is 10.6 Å². The van der Waals surface area contributed by atoms with Crippen LogP contribution in [0.1, 0.15) is 56.6 Å². The van der Waals surface area contributed by atoms with Gasteiger partial charge in [0.05, 0.1) is 5.69 Å². The molecule has 6 heteroatoms. The molecule has 2 saturated carbocycles. The summed E-state index contributed by atoms with van der Waals surface area (Å²) in [5.41, 5.74) is 1.09. The van der Waals surface area contributed by atoms with Gasteiger partial charge < -0.3 is 10.4 Å². The number of aromatic nitrogens is 2. The molecule has 122 valence electrons. The molecule has 0 radical (unpaired) electrons. The quantitative estimate of drug-likeness (QED) is 0.799. The third kappa shape index (κ3) is 3.43. The van der Waals surface area contributed by atoms with Gasteiger partial charge in [0.1, 0.15) is 5.82 Å². The normalized spacial score (nSPS) is 25.5. The first kappa shape index (κ1) is 15.3. The van der Waals surface area contributed by atoms with Crippen molar-refractivity contribution in [3.8, 4) is 0 Å². The van der Waals surface area contributed by atoms with Crippen LogP contribution in [0.15, 0.2) is 6.07 Å². The number of aliphatic hydroxyl groups is 1. The SMILES string of the molecule is Cn1nc(C2CCC2)cc1NC(=O)NC1CCC(CO)CC1. The standard InChI is InChI=1S/C16H26N4O2/c1-20-15(9-14(19-20)12-3-2-4-12)18-16(22)17-13-7-5-11(10-21)6-8-13/h9,11-13,21H,2-8,10H2,1H3,(H2,17,18,22). The zero-order valence-electron chi connectivity index (χ0n) is 13.2. The Bertz CT molecular complexity index is 516. The molecule has 1 aromatic heterocycles. The molecule has 0 spiro atoms. The molecular weight excluding hydrogens is 280 g/mol. The number of hydrogen-bond acceptors (Lipinski definition) is 3. The van der Waals surface area contributed by atoms with Crippen molar-refractivity contribution in [3.63, 3.8) is 0 Å². The van der Waals surface area contributed by atoms with Crippen LogP contribution >= 0.6 is 0 Å². The molecule has 3 rings (SSSR count). The molecule has 2 aliphatic carbocycles. The zero-order valence-corrected chi connectivity index (χ0v) is 13.2. The Morgan fingerprint density at radius 2 is 2.05 bits per heavy atom. The molecule has 0 aromatic carbocycles. The predicted molar refractivity (Wildman–Crippen MR) is 84.8 cm³/mol. The zero-order chi connectivity index (χ0) is 15.5. The Morgan fingerprint density at radius 1 is 1.32 bits per heavy atom. The molecule has 0 unspecified atom stereocenters. The van der Waals surface area contributed by atoms with E-state index < -0.39 is 0 Å². The highest BCUT2D eigenvalue weighted by Gasteiger charge is 2.24. The van der Waals surface area contributed by atoms with Crippen LogP contribution in [0.5, 0.6) is 0 Å². The summed E-state index contributed by atoms with van der Waals surface area (Å²) in [7, 11) is 1.87. The van der Waals surface area contributed by atoms with Gasteiger partial charge in [-0.3, -0.25) is 10.00 Å². The third-order valence-corrected chi connectivity index (χ3v) is 5.10. The van der Waals surface area contributed by atoms with Gasteiger partial charge in [0.25, 0.3) is 0 Å². The van der Waals surface area contributed by atoms with E-state index in [0.29, 0.717) is 11.8 Å². The summed E-state index contributed by atoms with van der Waals surface area (Å²) < 4.78 is 1.75. The molecule has 0 atom stereocenters. The van der Waals surface area contributed by atoms with Crippen LogP contribution in [0.2, 0.25) is 0 Å². The maximum atomic E-state index is 12.1. The molecule has 0 bridgehead atoms. The summed E-state index contributed by atoms with van der Waals surface area (Å²) in [5.74, 6) is 1.73. The summed E-state index contributed by atoms with van der Waals surface area (Å²) in [6, 6.07) is 2.05. The van der Waals surface area contributed by atoms with Gasteiger partial charge in [0, 0.05) is 31.7 Å². The number of rotatable bonds is 4. The highest BCUT2D eigenvalue weighted by molar-refractivity contribution is 5.88. The van der Waals surface area contributed by atoms with Gasteiger partial charge in [-0.1, -0.05) is 6.42 Å². The second kappa shape index (κ2) is 6.69. The molecule has 0 aliphatic heterocycles. The number of aliphatic hydroxyl groups excluding tert-OH is 1. The van der Waals surface area contributed by atoms with Gasteiger partial charge in [-0.2, -0.15) is 5.10 Å². The van der Waals surface area contributed by atoms with Crippen LogP contribution in [0, 0.1) is 5.92 Å². The second-order valence-corrected chi connectivity index (χ2v) is 6.70. The summed E-state index contributed by atoms with van der Waals surface area (Å²) >= 11 is 0. The Hall–Kier alpha value is -1.56. The van der Waals surface area contributed by atoms with Crippen molar-refractivity contribution in [3.05, 3.63) is 11.8 Å². The number of aryl methyl sites for hydroxylation is 1. The highest BCUT2D eigenvalue weighted by Crippen LogP contribution is 2.36. The molecule has 6 nitrogen and oxygen atoms in total. The van der Waals surface area contributed by atoms with Crippen LogP contribution in [-0.2, 0) is 7.05 Å². The van der Waals surface area contributed by atoms with Gasteiger partial charge in [-0.15, -0.1) is 0 Å². The second-order valence-electron chi connectivity index (χ2n) is 6.70. The first-order chi connectivity index (χ1) is 10.7. The molecular formula is C16H26N4O2. The van der Waals surface area contributed by atoms with E-state index in [0.717, 1.165) is 37.2 Å². The predicted octanol–water partition coefficient (Wildman–Crippen LogP) is 2.36. The molecule has 0 saturated heterocycles. The van der Waals surface area contributed by atoms with Crippen molar-refractivity contribution in [2.75, 3.05) is 11.9 Å². The largest absolute Gasteiger partial charge is 0.396 e. The van der Waals surface area contributed by atoms with Crippen LogP contribution in [0.25, 0.3) is 0 Å². The fourth-order valence-electron chi connectivity index (χ4n) is 3.34. The van der Waals surface area contributed by atoms with Crippen molar-refractivity contribution < 1.29 is 9.90 Å². The van der Waals surface area contributed by atoms with Gasteiger partial charge in [0.2, 0.25) is 0 Å². The van der Waals surface area contributed by atoms with Crippen LogP contribution in [-0.4, -0.2) is 33.6 Å². The van der Waals surface area contributed by atoms with Crippen molar-refractivity contribution >= 4 is 11.8 Å². The lowest BCUT2D eigenvalue weighted by Crippen LogP contribution is -2.40. The van der Waals surface area contributed by atoms with E-state index in [2.05, 4.69) is 15.7 Å². The number of amides is 2.